The van der Waals surface area contributed by atoms with Crippen LogP contribution < -0.4 is 20.7 Å². The van der Waals surface area contributed by atoms with Gasteiger partial charge in [-0.15, -0.1) is 0 Å². The van der Waals surface area contributed by atoms with E-state index in [1.54, 1.807) is 14.0 Å². The van der Waals surface area contributed by atoms with Crippen molar-refractivity contribution in [3.63, 3.8) is 0 Å². The second-order valence-corrected chi connectivity index (χ2v) is 7.72. The van der Waals surface area contributed by atoms with E-state index in [2.05, 4.69) is 16.0 Å². The lowest BCUT2D eigenvalue weighted by molar-refractivity contribution is -0.134. The Morgan fingerprint density at radius 2 is 1.72 bits per heavy atom. The van der Waals surface area contributed by atoms with E-state index in [4.69, 9.17) is 4.74 Å². The van der Waals surface area contributed by atoms with Gasteiger partial charge in [-0.1, -0.05) is 42.5 Å². The maximum Gasteiger partial charge on any atom is 0.325 e. The van der Waals surface area contributed by atoms with Crippen molar-refractivity contribution < 1.29 is 23.9 Å². The van der Waals surface area contributed by atoms with Gasteiger partial charge in [0.05, 0.1) is 7.11 Å². The van der Waals surface area contributed by atoms with Crippen LogP contribution in [-0.4, -0.2) is 48.0 Å². The summed E-state index contributed by atoms with van der Waals surface area (Å²) in [5.74, 6) is -0.524. The zero-order valence-corrected chi connectivity index (χ0v) is 18.0. The normalized spacial score (nSPS) is 17.6. The number of ether oxygens (including phenoxy) is 1. The van der Waals surface area contributed by atoms with Crippen molar-refractivity contribution in [3.8, 4) is 5.75 Å². The fourth-order valence-corrected chi connectivity index (χ4v) is 3.38. The average molecular weight is 438 g/mol. The Bertz CT molecular complexity index is 993. The second-order valence-electron chi connectivity index (χ2n) is 7.72. The highest BCUT2D eigenvalue weighted by molar-refractivity contribution is 6.09. The molecule has 32 heavy (non-hydrogen) atoms. The molecule has 1 heterocycles. The van der Waals surface area contributed by atoms with E-state index in [0.29, 0.717) is 12.8 Å². The van der Waals surface area contributed by atoms with Gasteiger partial charge in [0.15, 0.2) is 0 Å². The molecule has 3 rings (SSSR count). The standard InChI is InChI=1S/C23H26N4O5/c1-23(13-12-16-8-10-18(32-2)11-9-16)20(29)27(22(31)26-23)15-19(28)25-21(30)24-14-17-6-4-3-5-7-17/h3-11H,12-15H2,1-2H3,(H,26,31)(H2,24,25,28,30)/t23-/m0/s1. The Morgan fingerprint density at radius 3 is 2.38 bits per heavy atom. The average Bonchev–Trinajstić information content (AvgIpc) is 3.00. The number of carbonyl (C=O) groups is 4. The molecule has 2 aromatic carbocycles. The van der Waals surface area contributed by atoms with Crippen molar-refractivity contribution in [3.05, 3.63) is 65.7 Å². The topological polar surface area (TPSA) is 117 Å². The molecule has 3 N–H and O–H groups in total. The lowest BCUT2D eigenvalue weighted by Gasteiger charge is -2.21. The van der Waals surface area contributed by atoms with Crippen molar-refractivity contribution >= 4 is 23.9 Å². The molecule has 6 amide bonds. The Balaban J connectivity index is 1.50. The Morgan fingerprint density at radius 1 is 1.03 bits per heavy atom. The van der Waals surface area contributed by atoms with Crippen molar-refractivity contribution in [2.45, 2.75) is 31.8 Å². The van der Waals surface area contributed by atoms with Crippen LogP contribution in [0.1, 0.15) is 24.5 Å². The number of nitrogens with one attached hydrogen (secondary N) is 3. The van der Waals surface area contributed by atoms with Gasteiger partial charge in [0.25, 0.3) is 5.91 Å². The number of aryl methyl sites for hydroxylation is 1. The van der Waals surface area contributed by atoms with E-state index >= 15 is 0 Å². The minimum absolute atomic E-state index is 0.243. The molecule has 168 valence electrons. The van der Waals surface area contributed by atoms with Crippen molar-refractivity contribution in [1.29, 1.82) is 0 Å². The molecule has 9 heteroatoms. The SMILES string of the molecule is COc1ccc(CC[C@]2(C)NC(=O)N(CC(=O)NC(=O)NCc3ccccc3)C2=O)cc1. The van der Waals surface area contributed by atoms with E-state index in [0.717, 1.165) is 21.8 Å². The molecular formula is C23H26N4O5. The summed E-state index contributed by atoms with van der Waals surface area (Å²) in [7, 11) is 1.58. The minimum atomic E-state index is -1.13. The van der Waals surface area contributed by atoms with Gasteiger partial charge in [-0.25, -0.2) is 9.59 Å². The quantitative estimate of drug-likeness (QED) is 0.545. The van der Waals surface area contributed by atoms with Crippen molar-refractivity contribution in [2.75, 3.05) is 13.7 Å². The maximum atomic E-state index is 12.8. The zero-order chi connectivity index (χ0) is 23.1. The summed E-state index contributed by atoms with van der Waals surface area (Å²) in [5.41, 5.74) is 0.726. The second kappa shape index (κ2) is 9.95. The highest BCUT2D eigenvalue weighted by atomic mass is 16.5. The van der Waals surface area contributed by atoms with Gasteiger partial charge >= 0.3 is 12.1 Å². The van der Waals surface area contributed by atoms with Gasteiger partial charge < -0.3 is 15.4 Å². The number of urea groups is 2. The molecule has 1 aliphatic rings. The first-order valence-electron chi connectivity index (χ1n) is 10.2. The zero-order valence-electron chi connectivity index (χ0n) is 18.0. The molecule has 0 bridgehead atoms. The molecule has 0 aromatic heterocycles. The molecular weight excluding hydrogens is 412 g/mol. The maximum absolute atomic E-state index is 12.8. The summed E-state index contributed by atoms with van der Waals surface area (Å²) >= 11 is 0. The molecule has 1 atom stereocenters. The van der Waals surface area contributed by atoms with Crippen LogP contribution in [0.2, 0.25) is 0 Å². The molecule has 1 fully saturated rings. The van der Waals surface area contributed by atoms with Crippen molar-refractivity contribution in [1.82, 2.24) is 20.9 Å². The first-order chi connectivity index (χ1) is 15.3. The summed E-state index contributed by atoms with van der Waals surface area (Å²) in [5, 5.41) is 7.36. The molecule has 1 aliphatic heterocycles. The van der Waals surface area contributed by atoms with Crippen LogP contribution in [0.15, 0.2) is 54.6 Å². The molecule has 2 aromatic rings. The van der Waals surface area contributed by atoms with Gasteiger partial charge in [0.2, 0.25) is 5.91 Å². The van der Waals surface area contributed by atoms with Crippen LogP contribution in [-0.2, 0) is 22.6 Å². The number of methoxy groups -OCH3 is 1. The van der Waals surface area contributed by atoms with E-state index in [1.165, 1.54) is 0 Å². The number of carbonyl (C=O) groups excluding carboxylic acids is 4. The number of rotatable bonds is 8. The van der Waals surface area contributed by atoms with Crippen LogP contribution in [0.4, 0.5) is 9.59 Å². The number of hydrogen-bond donors (Lipinski definition) is 3. The molecule has 0 saturated carbocycles. The van der Waals surface area contributed by atoms with Gasteiger partial charge in [-0.2, -0.15) is 0 Å². The number of amides is 6. The monoisotopic (exact) mass is 438 g/mol. The van der Waals surface area contributed by atoms with Crippen LogP contribution in [0, 0.1) is 0 Å². The van der Waals surface area contributed by atoms with E-state index in [1.807, 2.05) is 54.6 Å². The summed E-state index contributed by atoms with van der Waals surface area (Å²) < 4.78 is 5.13. The van der Waals surface area contributed by atoms with Gasteiger partial charge in [0, 0.05) is 6.54 Å². The summed E-state index contributed by atoms with van der Waals surface area (Å²) in [4.78, 5) is 50.1. The largest absolute Gasteiger partial charge is 0.497 e. The number of hydrogen-bond acceptors (Lipinski definition) is 5. The smallest absolute Gasteiger partial charge is 0.325 e. The van der Waals surface area contributed by atoms with E-state index < -0.39 is 36.0 Å². The molecule has 0 radical (unpaired) electrons. The first-order valence-corrected chi connectivity index (χ1v) is 10.2. The highest BCUT2D eigenvalue weighted by Gasteiger charge is 2.47. The molecule has 1 saturated heterocycles. The Hall–Kier alpha value is -3.88. The molecule has 0 spiro atoms. The van der Waals surface area contributed by atoms with Crippen molar-refractivity contribution in [2.24, 2.45) is 0 Å². The molecule has 0 aliphatic carbocycles. The lowest BCUT2D eigenvalue weighted by Crippen LogP contribution is -2.47. The molecule has 9 nitrogen and oxygen atoms in total. The van der Waals surface area contributed by atoms with Crippen LogP contribution in [0.3, 0.4) is 0 Å². The third-order valence-corrected chi connectivity index (χ3v) is 5.27. The van der Waals surface area contributed by atoms with E-state index in [9.17, 15) is 19.2 Å². The number of imide groups is 2. The third-order valence-electron chi connectivity index (χ3n) is 5.27. The fraction of sp³-hybridized carbons (Fsp3) is 0.304. The van der Waals surface area contributed by atoms with Crippen LogP contribution in [0.25, 0.3) is 0 Å². The van der Waals surface area contributed by atoms with Gasteiger partial charge in [-0.3, -0.25) is 19.8 Å². The summed E-state index contributed by atoms with van der Waals surface area (Å²) in [6.07, 6.45) is 0.911. The Labute approximate surface area is 186 Å². The fourth-order valence-electron chi connectivity index (χ4n) is 3.38. The predicted molar refractivity (Wildman–Crippen MR) is 117 cm³/mol. The Kier molecular flexibility index (Phi) is 7.09. The van der Waals surface area contributed by atoms with Gasteiger partial charge in [-0.05, 0) is 43.0 Å². The summed E-state index contributed by atoms with van der Waals surface area (Å²) in [6, 6.07) is 15.3. The third kappa shape index (κ3) is 5.63. The molecule has 0 unspecified atom stereocenters. The summed E-state index contributed by atoms with van der Waals surface area (Å²) in [6.45, 7) is 1.33. The van der Waals surface area contributed by atoms with Crippen LogP contribution >= 0.6 is 0 Å². The van der Waals surface area contributed by atoms with Crippen LogP contribution in [0.5, 0.6) is 5.75 Å². The number of benzene rings is 2. The number of nitrogens with zero attached hydrogens (tertiary/aromatic N) is 1. The lowest BCUT2D eigenvalue weighted by atomic mass is 9.93. The minimum Gasteiger partial charge on any atom is -0.497 e. The van der Waals surface area contributed by atoms with E-state index in [-0.39, 0.29) is 6.54 Å². The highest BCUT2D eigenvalue weighted by Crippen LogP contribution is 2.24. The van der Waals surface area contributed by atoms with Gasteiger partial charge in [0.1, 0.15) is 17.8 Å². The first kappa shape index (κ1) is 22.8. The predicted octanol–water partition coefficient (Wildman–Crippen LogP) is 1.96.